The topological polar surface area (TPSA) is 54.1 Å². The van der Waals surface area contributed by atoms with Crippen molar-refractivity contribution in [1.82, 2.24) is 10.3 Å². The van der Waals surface area contributed by atoms with Crippen molar-refractivity contribution in [1.29, 1.82) is 0 Å². The van der Waals surface area contributed by atoms with E-state index in [1.54, 1.807) is 12.1 Å². The first-order valence-corrected chi connectivity index (χ1v) is 8.64. The molecule has 2 aromatic carbocycles. The van der Waals surface area contributed by atoms with Crippen LogP contribution < -0.4 is 5.32 Å². The van der Waals surface area contributed by atoms with Crippen LogP contribution >= 0.6 is 0 Å². The zero-order valence-electron chi connectivity index (χ0n) is 14.3. The van der Waals surface area contributed by atoms with Crippen molar-refractivity contribution < 1.29 is 22.7 Å². The summed E-state index contributed by atoms with van der Waals surface area (Å²) < 4.78 is 46.2. The summed E-state index contributed by atoms with van der Waals surface area (Å²) in [6.45, 7) is 1.14. The van der Waals surface area contributed by atoms with Gasteiger partial charge in [-0.1, -0.05) is 0 Å². The lowest BCUT2D eigenvalue weighted by Crippen LogP contribution is -2.42. The third-order valence-corrected chi connectivity index (χ3v) is 4.75. The van der Waals surface area contributed by atoms with Crippen LogP contribution in [-0.4, -0.2) is 30.6 Å². The van der Waals surface area contributed by atoms with Gasteiger partial charge < -0.3 is 15.0 Å². The average molecular weight is 374 g/mol. The van der Waals surface area contributed by atoms with Crippen molar-refractivity contribution in [2.45, 2.75) is 6.42 Å². The van der Waals surface area contributed by atoms with Gasteiger partial charge >= 0.3 is 0 Å². The van der Waals surface area contributed by atoms with Crippen molar-refractivity contribution >= 4 is 16.8 Å². The van der Waals surface area contributed by atoms with E-state index in [9.17, 15) is 18.0 Å². The maximum atomic E-state index is 14.2. The number of aromatic nitrogens is 1. The average Bonchev–Trinajstić information content (AvgIpc) is 2.93. The Kier molecular flexibility index (Phi) is 4.61. The highest BCUT2D eigenvalue weighted by molar-refractivity contribution is 5.91. The first kappa shape index (κ1) is 17.6. The molecule has 1 aliphatic heterocycles. The lowest BCUT2D eigenvalue weighted by Gasteiger charge is -2.24. The highest BCUT2D eigenvalue weighted by Crippen LogP contribution is 2.32. The van der Waals surface area contributed by atoms with Gasteiger partial charge in [-0.05, 0) is 47.9 Å². The van der Waals surface area contributed by atoms with Gasteiger partial charge in [0.2, 0.25) is 5.91 Å². The fourth-order valence-electron chi connectivity index (χ4n) is 3.24. The van der Waals surface area contributed by atoms with E-state index in [0.29, 0.717) is 48.4 Å². The van der Waals surface area contributed by atoms with E-state index < -0.39 is 11.6 Å². The van der Waals surface area contributed by atoms with Crippen LogP contribution in [0.15, 0.2) is 36.4 Å². The molecular formula is C20H17F3N2O2. The minimum atomic E-state index is -0.699. The lowest BCUT2D eigenvalue weighted by molar-refractivity contribution is -0.138. The summed E-state index contributed by atoms with van der Waals surface area (Å²) in [5.41, 5.74) is 2.08. The number of hydrogen-bond donors (Lipinski definition) is 2. The number of carbonyl (C=O) groups excluding carboxylic acids is 1. The number of aromatic amines is 1. The van der Waals surface area contributed by atoms with E-state index in [1.165, 1.54) is 18.2 Å². The lowest BCUT2D eigenvalue weighted by atomic mass is 10.0. The smallest absolute Gasteiger partial charge is 0.227 e. The molecule has 0 radical (unpaired) electrons. The van der Waals surface area contributed by atoms with Gasteiger partial charge in [-0.3, -0.25) is 4.79 Å². The van der Waals surface area contributed by atoms with Gasteiger partial charge in [0, 0.05) is 23.7 Å². The van der Waals surface area contributed by atoms with Gasteiger partial charge in [-0.25, -0.2) is 13.2 Å². The number of rotatable bonds is 5. The molecule has 140 valence electrons. The molecule has 27 heavy (non-hydrogen) atoms. The molecule has 7 heteroatoms. The second-order valence-corrected chi connectivity index (χ2v) is 6.57. The van der Waals surface area contributed by atoms with Crippen LogP contribution in [0.2, 0.25) is 0 Å². The van der Waals surface area contributed by atoms with Gasteiger partial charge in [0.25, 0.3) is 0 Å². The highest BCUT2D eigenvalue weighted by Gasteiger charge is 2.26. The van der Waals surface area contributed by atoms with Crippen molar-refractivity contribution in [3.63, 3.8) is 0 Å². The normalized spacial score (nSPS) is 14.3. The summed E-state index contributed by atoms with van der Waals surface area (Å²) in [7, 11) is 0. The predicted octanol–water partition coefficient (Wildman–Crippen LogP) is 3.56. The van der Waals surface area contributed by atoms with E-state index in [-0.39, 0.29) is 23.2 Å². The van der Waals surface area contributed by atoms with E-state index in [1.807, 2.05) is 0 Å². The molecule has 0 saturated carbocycles. The zero-order valence-corrected chi connectivity index (χ0v) is 14.3. The fraction of sp³-hybridized carbons (Fsp3) is 0.250. The van der Waals surface area contributed by atoms with E-state index >= 15 is 0 Å². The number of benzene rings is 2. The molecule has 1 fully saturated rings. The summed E-state index contributed by atoms with van der Waals surface area (Å²) in [6.07, 6.45) is 0.370. The second-order valence-electron chi connectivity index (χ2n) is 6.57. The standard InChI is InChI=1S/C20H17F3N2O2/c21-13-3-1-11(2-4-13)18-15(5-6-24-20(26)12-9-27-10-12)16-7-14(22)8-17(23)19(16)25-18/h1-4,7-8,12,25H,5-6,9-10H2,(H,24,26). The molecule has 0 unspecified atom stereocenters. The molecule has 1 aliphatic rings. The predicted molar refractivity (Wildman–Crippen MR) is 94.6 cm³/mol. The van der Waals surface area contributed by atoms with E-state index in [0.717, 1.165) is 6.07 Å². The Morgan fingerprint density at radius 1 is 1.11 bits per heavy atom. The second kappa shape index (κ2) is 7.08. The number of ether oxygens (including phenoxy) is 1. The number of H-pyrrole nitrogens is 1. The van der Waals surface area contributed by atoms with Crippen molar-refractivity contribution in [3.8, 4) is 11.3 Å². The molecule has 0 spiro atoms. The summed E-state index contributed by atoms with van der Waals surface area (Å²) in [6, 6.07) is 7.83. The molecule has 1 saturated heterocycles. The molecule has 1 aromatic heterocycles. The van der Waals surface area contributed by atoms with Crippen LogP contribution in [0.25, 0.3) is 22.2 Å². The Hall–Kier alpha value is -2.80. The number of hydrogen-bond acceptors (Lipinski definition) is 2. The van der Waals surface area contributed by atoms with Crippen molar-refractivity contribution in [2.24, 2.45) is 5.92 Å². The summed E-state index contributed by atoms with van der Waals surface area (Å²) >= 11 is 0. The van der Waals surface area contributed by atoms with Crippen LogP contribution in [0.3, 0.4) is 0 Å². The number of amides is 1. The van der Waals surface area contributed by atoms with Gasteiger partial charge in [0.15, 0.2) is 0 Å². The Morgan fingerprint density at radius 2 is 1.85 bits per heavy atom. The van der Waals surface area contributed by atoms with Crippen LogP contribution in [0.5, 0.6) is 0 Å². The highest BCUT2D eigenvalue weighted by atomic mass is 19.1. The molecule has 0 aliphatic carbocycles. The van der Waals surface area contributed by atoms with Crippen molar-refractivity contribution in [3.05, 3.63) is 59.4 Å². The molecule has 1 amide bonds. The largest absolute Gasteiger partial charge is 0.380 e. The molecular weight excluding hydrogens is 357 g/mol. The van der Waals surface area contributed by atoms with Gasteiger partial charge in [-0.15, -0.1) is 0 Å². The number of carbonyl (C=O) groups is 1. The first-order chi connectivity index (χ1) is 13.0. The molecule has 3 aromatic rings. The Balaban J connectivity index is 1.68. The number of halogens is 3. The Morgan fingerprint density at radius 3 is 2.52 bits per heavy atom. The zero-order chi connectivity index (χ0) is 19.0. The van der Waals surface area contributed by atoms with Crippen molar-refractivity contribution in [2.75, 3.05) is 19.8 Å². The molecule has 4 nitrogen and oxygen atoms in total. The number of fused-ring (bicyclic) bond motifs is 1. The third kappa shape index (κ3) is 3.42. The fourth-order valence-corrected chi connectivity index (χ4v) is 3.24. The Bertz CT molecular complexity index is 995. The van der Waals surface area contributed by atoms with Crippen LogP contribution in [0.1, 0.15) is 5.56 Å². The van der Waals surface area contributed by atoms with Crippen LogP contribution in [0.4, 0.5) is 13.2 Å². The molecule has 2 N–H and O–H groups in total. The van der Waals surface area contributed by atoms with Gasteiger partial charge in [0.05, 0.1) is 24.6 Å². The maximum Gasteiger partial charge on any atom is 0.227 e. The number of nitrogens with one attached hydrogen (secondary N) is 2. The summed E-state index contributed by atoms with van der Waals surface area (Å²) in [4.78, 5) is 14.9. The van der Waals surface area contributed by atoms with E-state index in [2.05, 4.69) is 10.3 Å². The molecule has 0 atom stereocenters. The molecule has 0 bridgehead atoms. The van der Waals surface area contributed by atoms with Gasteiger partial charge in [0.1, 0.15) is 17.5 Å². The van der Waals surface area contributed by atoms with Crippen LogP contribution in [-0.2, 0) is 16.0 Å². The quantitative estimate of drug-likeness (QED) is 0.718. The Labute approximate surface area is 153 Å². The minimum absolute atomic E-state index is 0.0956. The third-order valence-electron chi connectivity index (χ3n) is 4.75. The van der Waals surface area contributed by atoms with Gasteiger partial charge in [-0.2, -0.15) is 0 Å². The summed E-state index contributed by atoms with van der Waals surface area (Å²) in [5.74, 6) is -2.00. The SMILES string of the molecule is O=C(NCCc1c(-c2ccc(F)cc2)[nH]c2c(F)cc(F)cc12)C1COC1. The monoisotopic (exact) mass is 374 g/mol. The maximum absolute atomic E-state index is 14.2. The van der Waals surface area contributed by atoms with E-state index in [4.69, 9.17) is 4.74 Å². The minimum Gasteiger partial charge on any atom is -0.380 e. The van der Waals surface area contributed by atoms with Crippen LogP contribution in [0, 0.1) is 23.4 Å². The molecule has 4 rings (SSSR count). The summed E-state index contributed by atoms with van der Waals surface area (Å²) in [5, 5.41) is 3.23. The molecule has 2 heterocycles. The first-order valence-electron chi connectivity index (χ1n) is 8.64.